The van der Waals surface area contributed by atoms with Gasteiger partial charge in [0.2, 0.25) is 0 Å². The van der Waals surface area contributed by atoms with Gasteiger partial charge in [0.15, 0.2) is 0 Å². The van der Waals surface area contributed by atoms with E-state index in [1.165, 1.54) is 0 Å². The van der Waals surface area contributed by atoms with Crippen LogP contribution in [0.2, 0.25) is 0 Å². The summed E-state index contributed by atoms with van der Waals surface area (Å²) in [5.41, 5.74) is 15.5. The number of carbonyl (C=O) groups is 4. The molecule has 0 rings (SSSR count). The van der Waals surface area contributed by atoms with Crippen molar-refractivity contribution in [3.63, 3.8) is 0 Å². The minimum atomic E-state index is -1.26. The molecule has 13 heteroatoms. The van der Waals surface area contributed by atoms with Gasteiger partial charge in [0.05, 0.1) is 0 Å². The second-order valence-electron chi connectivity index (χ2n) is 3.38. The molecule has 0 aliphatic heterocycles. The molecule has 0 fully saturated rings. The molecule has 6 N–H and O–H groups in total. The van der Waals surface area contributed by atoms with Gasteiger partial charge in [-0.05, 0) is 6.42 Å². The quantitative estimate of drug-likeness (QED) is 0.345. The van der Waals surface area contributed by atoms with Gasteiger partial charge in [-0.15, -0.1) is 0 Å². The van der Waals surface area contributed by atoms with E-state index < -0.39 is 28.6 Å². The van der Waals surface area contributed by atoms with E-state index in [-0.39, 0.29) is 21.5 Å². The van der Waals surface area contributed by atoms with Gasteiger partial charge in [0.1, 0.15) is 14.7 Å². The number of ether oxygens (including phenoxy) is 2. The van der Waals surface area contributed by atoms with Gasteiger partial charge >= 0.3 is 22.5 Å². The summed E-state index contributed by atoms with van der Waals surface area (Å²) >= 11 is 9.58. The Hall–Kier alpha value is -1.28. The van der Waals surface area contributed by atoms with Crippen molar-refractivity contribution in [1.82, 2.24) is 0 Å². The first-order chi connectivity index (χ1) is 10.1. The van der Waals surface area contributed by atoms with Gasteiger partial charge in [0, 0.05) is 29.9 Å². The van der Waals surface area contributed by atoms with E-state index in [9.17, 15) is 19.2 Å². The summed E-state index contributed by atoms with van der Waals surface area (Å²) in [6, 6.07) is -1.26. The van der Waals surface area contributed by atoms with Crippen LogP contribution in [0.25, 0.3) is 0 Å². The standard InChI is InChI=1S/C9H11N3O6S4/c10-3(5(14)18-9(16)22-7(12)20)1-2-4(13)17-8(15)21-6(11)19/h3H,1-2,10H2,(H2,11,19)(H2,12,20)/t3-/m0/s1. The zero-order valence-corrected chi connectivity index (χ0v) is 14.1. The summed E-state index contributed by atoms with van der Waals surface area (Å²) in [5.74, 6) is -1.99. The van der Waals surface area contributed by atoms with Gasteiger partial charge < -0.3 is 26.7 Å². The molecule has 0 aliphatic carbocycles. The summed E-state index contributed by atoms with van der Waals surface area (Å²) in [6.45, 7) is 0. The number of hydrogen-bond donors (Lipinski definition) is 3. The third-order valence-corrected chi connectivity index (χ3v) is 3.11. The number of thiocarbonyl (C=S) groups is 2. The molecule has 0 spiro atoms. The maximum atomic E-state index is 11.4. The fourth-order valence-electron chi connectivity index (χ4n) is 0.899. The van der Waals surface area contributed by atoms with Gasteiger partial charge in [-0.25, -0.2) is 14.4 Å². The molecule has 0 aliphatic rings. The van der Waals surface area contributed by atoms with Gasteiger partial charge in [-0.3, -0.25) is 4.79 Å². The van der Waals surface area contributed by atoms with Crippen molar-refractivity contribution < 1.29 is 28.7 Å². The highest BCUT2D eigenvalue weighted by Crippen LogP contribution is 2.09. The molecule has 9 nitrogen and oxygen atoms in total. The highest BCUT2D eigenvalue weighted by molar-refractivity contribution is 8.32. The predicted octanol–water partition coefficient (Wildman–Crippen LogP) is 0.374. The summed E-state index contributed by atoms with van der Waals surface area (Å²) < 4.78 is 8.23. The lowest BCUT2D eigenvalue weighted by atomic mass is 10.2. The number of hydrogen-bond acceptors (Lipinski definition) is 11. The van der Waals surface area contributed by atoms with Gasteiger partial charge in [-0.2, -0.15) is 0 Å². The SMILES string of the molecule is NC(=S)SC(=O)OC(=O)CC[C@H](N)C(=O)OC(=O)SC(N)=S. The second kappa shape index (κ2) is 10.4. The number of thioether (sulfide) groups is 2. The van der Waals surface area contributed by atoms with Crippen molar-refractivity contribution in [2.24, 2.45) is 17.2 Å². The lowest BCUT2D eigenvalue weighted by molar-refractivity contribution is -0.139. The first-order valence-electron chi connectivity index (χ1n) is 5.32. The highest BCUT2D eigenvalue weighted by atomic mass is 32.2. The Morgan fingerprint density at radius 3 is 1.86 bits per heavy atom. The average molecular weight is 385 g/mol. The molecule has 0 unspecified atom stereocenters. The third kappa shape index (κ3) is 10.4. The van der Waals surface area contributed by atoms with Gasteiger partial charge in [-0.1, -0.05) is 24.4 Å². The molecule has 0 amide bonds. The summed E-state index contributed by atoms with van der Waals surface area (Å²) in [7, 11) is 0. The first-order valence-corrected chi connectivity index (χ1v) is 7.77. The van der Waals surface area contributed by atoms with Crippen LogP contribution in [0, 0.1) is 0 Å². The van der Waals surface area contributed by atoms with E-state index in [0.29, 0.717) is 23.5 Å². The topological polar surface area (TPSA) is 165 Å². The largest absolute Gasteiger partial charge is 0.384 e. The van der Waals surface area contributed by atoms with Crippen LogP contribution in [0.5, 0.6) is 0 Å². The molecule has 0 saturated carbocycles. The zero-order chi connectivity index (χ0) is 17.3. The molecule has 0 aromatic rings. The van der Waals surface area contributed by atoms with Crippen LogP contribution in [-0.2, 0) is 19.1 Å². The van der Waals surface area contributed by atoms with E-state index in [1.807, 2.05) is 0 Å². The fraction of sp³-hybridized carbons (Fsp3) is 0.333. The highest BCUT2D eigenvalue weighted by Gasteiger charge is 2.22. The summed E-state index contributed by atoms with van der Waals surface area (Å²) in [5, 5.41) is -2.02. The van der Waals surface area contributed by atoms with Crippen LogP contribution >= 0.6 is 48.0 Å². The molecule has 1 atom stereocenters. The monoisotopic (exact) mass is 385 g/mol. The van der Waals surface area contributed by atoms with Crippen molar-refractivity contribution in [1.29, 1.82) is 0 Å². The van der Waals surface area contributed by atoms with Crippen LogP contribution < -0.4 is 17.2 Å². The third-order valence-electron chi connectivity index (χ3n) is 1.71. The van der Waals surface area contributed by atoms with Crippen LogP contribution in [0.1, 0.15) is 12.8 Å². The van der Waals surface area contributed by atoms with E-state index in [4.69, 9.17) is 17.2 Å². The number of esters is 2. The Morgan fingerprint density at radius 2 is 1.41 bits per heavy atom. The van der Waals surface area contributed by atoms with Crippen molar-refractivity contribution in [3.05, 3.63) is 0 Å². The molecular formula is C9H11N3O6S4. The zero-order valence-electron chi connectivity index (χ0n) is 10.8. The second-order valence-corrected chi connectivity index (χ2v) is 6.73. The molecule has 22 heavy (non-hydrogen) atoms. The average Bonchev–Trinajstić information content (AvgIpc) is 2.33. The lowest BCUT2D eigenvalue weighted by Crippen LogP contribution is -2.34. The van der Waals surface area contributed by atoms with Crippen molar-refractivity contribution >= 4 is 79.1 Å². The normalized spacial score (nSPS) is 11.1. The minimum Gasteiger partial charge on any atom is -0.384 e. The Balaban J connectivity index is 4.13. The predicted molar refractivity (Wildman–Crippen MR) is 88.9 cm³/mol. The number of nitrogens with two attached hydrogens (primary N) is 3. The maximum Gasteiger partial charge on any atom is 0.382 e. The Labute approximate surface area is 144 Å². The van der Waals surface area contributed by atoms with Gasteiger partial charge in [0.25, 0.3) is 0 Å². The molecule has 0 saturated heterocycles. The van der Waals surface area contributed by atoms with Crippen LogP contribution in [0.15, 0.2) is 0 Å². The maximum absolute atomic E-state index is 11.4. The van der Waals surface area contributed by atoms with E-state index in [2.05, 4.69) is 33.9 Å². The number of carbonyl (C=O) groups excluding carboxylic acids is 4. The Bertz CT molecular complexity index is 512. The molecule has 0 heterocycles. The molecular weight excluding hydrogens is 374 g/mol. The van der Waals surface area contributed by atoms with Crippen molar-refractivity contribution in [3.8, 4) is 0 Å². The first kappa shape index (κ1) is 20.7. The molecule has 0 aromatic carbocycles. The van der Waals surface area contributed by atoms with Crippen LogP contribution in [0.3, 0.4) is 0 Å². The summed E-state index contributed by atoms with van der Waals surface area (Å²) in [6.07, 6.45) is -0.551. The smallest absolute Gasteiger partial charge is 0.382 e. The Kier molecular flexibility index (Phi) is 9.84. The lowest BCUT2D eigenvalue weighted by Gasteiger charge is -2.09. The van der Waals surface area contributed by atoms with Crippen molar-refractivity contribution in [2.75, 3.05) is 0 Å². The Morgan fingerprint density at radius 1 is 0.955 bits per heavy atom. The van der Waals surface area contributed by atoms with Crippen LogP contribution in [0.4, 0.5) is 9.59 Å². The molecule has 122 valence electrons. The van der Waals surface area contributed by atoms with Crippen LogP contribution in [-0.4, -0.2) is 37.2 Å². The van der Waals surface area contributed by atoms with E-state index in [0.717, 1.165) is 0 Å². The minimum absolute atomic E-state index is 0.201. The summed E-state index contributed by atoms with van der Waals surface area (Å²) in [4.78, 5) is 44.8. The number of rotatable bonds is 4. The molecule has 0 radical (unpaired) electrons. The van der Waals surface area contributed by atoms with Crippen molar-refractivity contribution in [2.45, 2.75) is 18.9 Å². The fourth-order valence-corrected chi connectivity index (χ4v) is 1.89. The molecule has 0 aromatic heterocycles. The van der Waals surface area contributed by atoms with E-state index in [1.54, 1.807) is 0 Å². The van der Waals surface area contributed by atoms with E-state index >= 15 is 0 Å². The molecule has 0 bridgehead atoms.